The maximum absolute atomic E-state index is 12.4. The van der Waals surface area contributed by atoms with E-state index in [9.17, 15) is 14.4 Å². The van der Waals surface area contributed by atoms with Gasteiger partial charge in [-0.05, 0) is 31.2 Å². The van der Waals surface area contributed by atoms with Crippen LogP contribution in [0.15, 0.2) is 30.3 Å². The van der Waals surface area contributed by atoms with Gasteiger partial charge in [-0.15, -0.1) is 0 Å². The van der Waals surface area contributed by atoms with Gasteiger partial charge < -0.3 is 16.0 Å². The van der Waals surface area contributed by atoms with E-state index in [2.05, 4.69) is 16.0 Å². The second kappa shape index (κ2) is 7.47. The van der Waals surface area contributed by atoms with Crippen LogP contribution in [0, 0.1) is 5.92 Å². The van der Waals surface area contributed by atoms with E-state index in [1.807, 2.05) is 30.3 Å². The van der Waals surface area contributed by atoms with Gasteiger partial charge in [-0.25, -0.2) is 0 Å². The average Bonchev–Trinajstić information content (AvgIpc) is 3.46. The van der Waals surface area contributed by atoms with Crippen LogP contribution in [-0.2, 0) is 20.8 Å². The van der Waals surface area contributed by atoms with E-state index in [1.54, 1.807) is 0 Å². The lowest BCUT2D eigenvalue weighted by atomic mass is 10.1. The lowest BCUT2D eigenvalue weighted by Gasteiger charge is -2.19. The van der Waals surface area contributed by atoms with Crippen molar-refractivity contribution in [1.82, 2.24) is 16.0 Å². The van der Waals surface area contributed by atoms with Gasteiger partial charge in [0.2, 0.25) is 17.7 Å². The summed E-state index contributed by atoms with van der Waals surface area (Å²) in [5.74, 6) is -0.512. The third-order valence-corrected chi connectivity index (χ3v) is 4.23. The Balaban J connectivity index is 1.54. The van der Waals surface area contributed by atoms with Gasteiger partial charge in [0.25, 0.3) is 0 Å². The highest BCUT2D eigenvalue weighted by atomic mass is 16.2. The van der Waals surface area contributed by atoms with Crippen LogP contribution in [-0.4, -0.2) is 36.3 Å². The molecule has 0 saturated heterocycles. The van der Waals surface area contributed by atoms with Gasteiger partial charge in [0.1, 0.15) is 6.04 Å². The molecule has 0 radical (unpaired) electrons. The van der Waals surface area contributed by atoms with Crippen molar-refractivity contribution in [3.05, 3.63) is 35.9 Å². The SMILES string of the molecule is O=C(CNC(=O)C1CC1)NC(Cc1ccccc1)C(=O)NC1CC1. The summed E-state index contributed by atoms with van der Waals surface area (Å²) in [6, 6.07) is 9.19. The first kappa shape index (κ1) is 16.5. The Bertz CT molecular complexity index is 609. The Morgan fingerprint density at radius 1 is 1.04 bits per heavy atom. The van der Waals surface area contributed by atoms with Crippen LogP contribution >= 0.6 is 0 Å². The molecular weight excluding hydrogens is 306 g/mol. The number of hydrogen-bond acceptors (Lipinski definition) is 3. The fraction of sp³-hybridized carbons (Fsp3) is 0.500. The second-order valence-electron chi connectivity index (χ2n) is 6.58. The van der Waals surface area contributed by atoms with E-state index in [-0.39, 0.29) is 36.2 Å². The molecule has 24 heavy (non-hydrogen) atoms. The fourth-order valence-electron chi connectivity index (χ4n) is 2.49. The zero-order valence-corrected chi connectivity index (χ0v) is 13.6. The van der Waals surface area contributed by atoms with E-state index in [0.717, 1.165) is 31.2 Å². The van der Waals surface area contributed by atoms with Crippen molar-refractivity contribution < 1.29 is 14.4 Å². The van der Waals surface area contributed by atoms with Crippen LogP contribution < -0.4 is 16.0 Å². The summed E-state index contributed by atoms with van der Waals surface area (Å²) >= 11 is 0. The van der Waals surface area contributed by atoms with Gasteiger partial charge in [0, 0.05) is 18.4 Å². The molecular formula is C18H23N3O3. The van der Waals surface area contributed by atoms with Gasteiger partial charge >= 0.3 is 0 Å². The number of hydrogen-bond donors (Lipinski definition) is 3. The van der Waals surface area contributed by atoms with E-state index < -0.39 is 6.04 Å². The Morgan fingerprint density at radius 2 is 1.75 bits per heavy atom. The normalized spacial score (nSPS) is 17.7. The van der Waals surface area contributed by atoms with E-state index in [4.69, 9.17) is 0 Å². The molecule has 2 aliphatic carbocycles. The van der Waals surface area contributed by atoms with Crippen molar-refractivity contribution in [3.8, 4) is 0 Å². The summed E-state index contributed by atoms with van der Waals surface area (Å²) in [6.07, 6.45) is 4.22. The zero-order valence-electron chi connectivity index (χ0n) is 13.6. The monoisotopic (exact) mass is 329 g/mol. The van der Waals surface area contributed by atoms with Crippen LogP contribution in [0.4, 0.5) is 0 Å². The number of carbonyl (C=O) groups is 3. The van der Waals surface area contributed by atoms with Gasteiger partial charge in [-0.2, -0.15) is 0 Å². The molecule has 2 aliphatic rings. The molecule has 2 fully saturated rings. The molecule has 1 aromatic rings. The Hall–Kier alpha value is -2.37. The summed E-state index contributed by atoms with van der Waals surface area (Å²) in [7, 11) is 0. The van der Waals surface area contributed by atoms with Crippen LogP contribution in [0.2, 0.25) is 0 Å². The largest absolute Gasteiger partial charge is 0.352 e. The summed E-state index contributed by atoms with van der Waals surface area (Å²) in [5.41, 5.74) is 0.982. The topological polar surface area (TPSA) is 87.3 Å². The van der Waals surface area contributed by atoms with Crippen molar-refractivity contribution in [1.29, 1.82) is 0 Å². The molecule has 1 aromatic carbocycles. The zero-order chi connectivity index (χ0) is 16.9. The Labute approximate surface area is 141 Å². The van der Waals surface area contributed by atoms with Gasteiger partial charge in [0.15, 0.2) is 0 Å². The minimum absolute atomic E-state index is 0.0658. The first-order chi connectivity index (χ1) is 11.6. The molecule has 0 heterocycles. The standard InChI is InChI=1S/C18H23N3O3/c22-16(11-19-17(23)13-6-7-13)21-15(18(24)20-14-8-9-14)10-12-4-2-1-3-5-12/h1-5,13-15H,6-11H2,(H,19,23)(H,20,24)(H,21,22). The van der Waals surface area contributed by atoms with E-state index >= 15 is 0 Å². The molecule has 0 aliphatic heterocycles. The first-order valence-corrected chi connectivity index (χ1v) is 8.53. The second-order valence-corrected chi connectivity index (χ2v) is 6.58. The third kappa shape index (κ3) is 5.08. The summed E-state index contributed by atoms with van der Waals surface area (Å²) in [6.45, 7) is -0.0860. The maximum Gasteiger partial charge on any atom is 0.243 e. The summed E-state index contributed by atoms with van der Waals surface area (Å²) < 4.78 is 0. The number of rotatable bonds is 8. The maximum atomic E-state index is 12.4. The molecule has 1 unspecified atom stereocenters. The Morgan fingerprint density at radius 3 is 2.38 bits per heavy atom. The molecule has 6 heteroatoms. The number of carbonyl (C=O) groups excluding carboxylic acids is 3. The van der Waals surface area contributed by atoms with Crippen molar-refractivity contribution in [2.75, 3.05) is 6.54 Å². The van der Waals surface area contributed by atoms with E-state index in [0.29, 0.717) is 6.42 Å². The predicted molar refractivity (Wildman–Crippen MR) is 89.0 cm³/mol. The summed E-state index contributed by atoms with van der Waals surface area (Å²) in [4.78, 5) is 36.1. The molecule has 0 aromatic heterocycles. The molecule has 2 saturated carbocycles. The van der Waals surface area contributed by atoms with Crippen LogP contribution in [0.25, 0.3) is 0 Å². The smallest absolute Gasteiger partial charge is 0.243 e. The number of nitrogens with one attached hydrogen (secondary N) is 3. The average molecular weight is 329 g/mol. The highest BCUT2D eigenvalue weighted by Crippen LogP contribution is 2.28. The van der Waals surface area contributed by atoms with E-state index in [1.165, 1.54) is 0 Å². The van der Waals surface area contributed by atoms with Gasteiger partial charge in [-0.1, -0.05) is 30.3 Å². The van der Waals surface area contributed by atoms with Gasteiger partial charge in [0.05, 0.1) is 6.54 Å². The highest BCUT2D eigenvalue weighted by Gasteiger charge is 2.31. The minimum atomic E-state index is -0.627. The lowest BCUT2D eigenvalue weighted by molar-refractivity contribution is -0.130. The van der Waals surface area contributed by atoms with Crippen molar-refractivity contribution in [2.45, 2.75) is 44.2 Å². The highest BCUT2D eigenvalue weighted by molar-refractivity contribution is 5.91. The van der Waals surface area contributed by atoms with Crippen molar-refractivity contribution in [3.63, 3.8) is 0 Å². The molecule has 0 spiro atoms. The lowest BCUT2D eigenvalue weighted by Crippen LogP contribution is -2.51. The third-order valence-electron chi connectivity index (χ3n) is 4.23. The first-order valence-electron chi connectivity index (χ1n) is 8.53. The van der Waals surface area contributed by atoms with Crippen molar-refractivity contribution >= 4 is 17.7 Å². The van der Waals surface area contributed by atoms with Crippen molar-refractivity contribution in [2.24, 2.45) is 5.92 Å². The molecule has 6 nitrogen and oxygen atoms in total. The summed E-state index contributed by atoms with van der Waals surface area (Å²) in [5, 5.41) is 8.30. The van der Waals surface area contributed by atoms with Crippen LogP contribution in [0.1, 0.15) is 31.2 Å². The quantitative estimate of drug-likeness (QED) is 0.650. The minimum Gasteiger partial charge on any atom is -0.352 e. The molecule has 3 N–H and O–H groups in total. The molecule has 128 valence electrons. The Kier molecular flexibility index (Phi) is 5.13. The molecule has 3 rings (SSSR count). The number of amides is 3. The van der Waals surface area contributed by atoms with Gasteiger partial charge in [-0.3, -0.25) is 14.4 Å². The molecule has 3 amide bonds. The van der Waals surface area contributed by atoms with Crippen LogP contribution in [0.5, 0.6) is 0 Å². The number of benzene rings is 1. The predicted octanol–water partition coefficient (Wildman–Crippen LogP) is 0.519. The fourth-order valence-corrected chi connectivity index (χ4v) is 2.49. The molecule has 1 atom stereocenters. The van der Waals surface area contributed by atoms with Crippen LogP contribution in [0.3, 0.4) is 0 Å². The molecule has 0 bridgehead atoms.